The molecule has 5 rings (SSSR count). The van der Waals surface area contributed by atoms with Gasteiger partial charge in [-0.25, -0.2) is 4.98 Å². The van der Waals surface area contributed by atoms with E-state index in [-0.39, 0.29) is 11.3 Å². The van der Waals surface area contributed by atoms with Crippen molar-refractivity contribution >= 4 is 67.3 Å². The third-order valence-corrected chi connectivity index (χ3v) is 7.26. The Kier molecular flexibility index (Phi) is 6.71. The van der Waals surface area contributed by atoms with Gasteiger partial charge in [0, 0.05) is 15.6 Å². The fraction of sp³-hybridized carbons (Fsp3) is 0.148. The highest BCUT2D eigenvalue weighted by atomic mass is 35.5. The van der Waals surface area contributed by atoms with Crippen LogP contribution in [0.1, 0.15) is 30.5 Å². The van der Waals surface area contributed by atoms with Crippen LogP contribution in [0.15, 0.2) is 72.3 Å². The Balaban J connectivity index is 1.68. The van der Waals surface area contributed by atoms with Gasteiger partial charge in [0.05, 0.1) is 28.4 Å². The third kappa shape index (κ3) is 4.46. The number of ether oxygens (including phenoxy) is 1. The number of thiazole rings is 1. The highest BCUT2D eigenvalue weighted by Gasteiger charge is 2.48. The molecule has 3 aromatic carbocycles. The summed E-state index contributed by atoms with van der Waals surface area (Å²) in [6.45, 7) is 2.51. The zero-order valence-electron chi connectivity index (χ0n) is 19.1. The zero-order valence-corrected chi connectivity index (χ0v) is 21.4. The summed E-state index contributed by atoms with van der Waals surface area (Å²) in [5, 5.41) is 12.7. The number of nitrogens with zero attached hydrogens (tertiary/aromatic N) is 2. The Morgan fingerprint density at radius 1 is 1.06 bits per heavy atom. The predicted molar refractivity (Wildman–Crippen MR) is 143 cm³/mol. The molecule has 1 fully saturated rings. The molecule has 0 spiro atoms. The van der Waals surface area contributed by atoms with Crippen LogP contribution in [0.3, 0.4) is 0 Å². The molecule has 9 heteroatoms. The van der Waals surface area contributed by atoms with E-state index in [1.54, 1.807) is 66.7 Å². The lowest BCUT2D eigenvalue weighted by Crippen LogP contribution is -2.29. The molecule has 1 aliphatic rings. The van der Waals surface area contributed by atoms with Crippen LogP contribution in [-0.4, -0.2) is 28.4 Å². The average Bonchev–Trinajstić information content (AvgIpc) is 3.40. The summed E-state index contributed by atoms with van der Waals surface area (Å²) in [4.78, 5) is 32.7. The number of ketones is 1. The van der Waals surface area contributed by atoms with Gasteiger partial charge in [-0.1, -0.05) is 65.7 Å². The van der Waals surface area contributed by atoms with Crippen molar-refractivity contribution in [1.29, 1.82) is 0 Å². The number of aromatic nitrogens is 1. The van der Waals surface area contributed by atoms with Crippen molar-refractivity contribution in [2.45, 2.75) is 19.4 Å². The fourth-order valence-corrected chi connectivity index (χ4v) is 5.48. The van der Waals surface area contributed by atoms with Gasteiger partial charge in [0.1, 0.15) is 11.5 Å². The van der Waals surface area contributed by atoms with Gasteiger partial charge in [-0.2, -0.15) is 0 Å². The Labute approximate surface area is 221 Å². The fourth-order valence-electron chi connectivity index (χ4n) is 4.09. The number of hydrogen-bond acceptors (Lipinski definition) is 6. The Hall–Kier alpha value is -3.39. The maximum atomic E-state index is 13.4. The monoisotopic (exact) mass is 538 g/mol. The van der Waals surface area contributed by atoms with E-state index in [1.807, 2.05) is 6.92 Å². The summed E-state index contributed by atoms with van der Waals surface area (Å²) >= 11 is 13.5. The summed E-state index contributed by atoms with van der Waals surface area (Å²) < 4.78 is 6.46. The Morgan fingerprint density at radius 2 is 1.81 bits per heavy atom. The second kappa shape index (κ2) is 9.93. The van der Waals surface area contributed by atoms with Gasteiger partial charge >= 0.3 is 5.91 Å². The minimum atomic E-state index is -0.904. The molecule has 0 saturated carbocycles. The molecule has 6 nitrogen and oxygen atoms in total. The van der Waals surface area contributed by atoms with Gasteiger partial charge in [-0.3, -0.25) is 14.5 Å². The Bertz CT molecular complexity index is 1510. The highest BCUT2D eigenvalue weighted by Crippen LogP contribution is 2.44. The molecule has 36 heavy (non-hydrogen) atoms. The first-order valence-electron chi connectivity index (χ1n) is 11.2. The predicted octanol–water partition coefficient (Wildman–Crippen LogP) is 7.02. The minimum Gasteiger partial charge on any atom is -0.507 e. The van der Waals surface area contributed by atoms with Crippen LogP contribution in [0.5, 0.6) is 5.75 Å². The summed E-state index contributed by atoms with van der Waals surface area (Å²) in [5.41, 5.74) is 1.59. The van der Waals surface area contributed by atoms with Crippen LogP contribution in [0.4, 0.5) is 5.13 Å². The van der Waals surface area contributed by atoms with Crippen LogP contribution in [0, 0.1) is 0 Å². The van der Waals surface area contributed by atoms with Gasteiger partial charge in [0.15, 0.2) is 5.13 Å². The summed E-state index contributed by atoms with van der Waals surface area (Å²) in [7, 11) is 0. The molecular formula is C27H20Cl2N2O4S. The largest absolute Gasteiger partial charge is 0.507 e. The maximum Gasteiger partial charge on any atom is 0.301 e. The van der Waals surface area contributed by atoms with Crippen LogP contribution in [0.25, 0.3) is 16.0 Å². The quantitative estimate of drug-likeness (QED) is 0.162. The van der Waals surface area contributed by atoms with Crippen LogP contribution in [0.2, 0.25) is 10.0 Å². The summed E-state index contributed by atoms with van der Waals surface area (Å²) in [6.07, 6.45) is 0.825. The van der Waals surface area contributed by atoms with E-state index >= 15 is 0 Å². The molecule has 4 aromatic rings. The number of aliphatic hydroxyl groups excluding tert-OH is 1. The number of anilines is 1. The smallest absolute Gasteiger partial charge is 0.301 e. The molecular weight excluding hydrogens is 519 g/mol. The second-order valence-corrected chi connectivity index (χ2v) is 10.1. The lowest BCUT2D eigenvalue weighted by molar-refractivity contribution is -0.132. The van der Waals surface area contributed by atoms with Gasteiger partial charge in [-0.05, 0) is 54.4 Å². The minimum absolute atomic E-state index is 0.0350. The summed E-state index contributed by atoms with van der Waals surface area (Å²) in [6, 6.07) is 17.9. The maximum absolute atomic E-state index is 13.4. The molecule has 0 radical (unpaired) electrons. The van der Waals surface area contributed by atoms with Crippen LogP contribution >= 0.6 is 34.5 Å². The van der Waals surface area contributed by atoms with Crippen molar-refractivity contribution in [3.05, 3.63) is 93.5 Å². The number of carbonyl (C=O) groups excluding carboxylic acids is 2. The number of aliphatic hydroxyl groups is 1. The number of hydrogen-bond donors (Lipinski definition) is 1. The molecule has 1 N–H and O–H groups in total. The van der Waals surface area contributed by atoms with E-state index in [0.29, 0.717) is 44.2 Å². The molecule has 1 unspecified atom stereocenters. The standard InChI is InChI=1S/C27H20Cl2N2O4S/c1-2-12-35-19-5-3-4-16(13-19)24(32)22-23(15-6-8-17(28)9-7-15)31(26(34)25(22)33)27-30-20-11-10-18(29)14-21(20)36-27/h3-11,13-14,23,32H,2,12H2,1H3. The summed E-state index contributed by atoms with van der Waals surface area (Å²) in [5.74, 6) is -1.31. The van der Waals surface area contributed by atoms with E-state index in [9.17, 15) is 14.7 Å². The molecule has 1 aromatic heterocycles. The molecule has 0 aliphatic carbocycles. The average molecular weight is 539 g/mol. The number of amides is 1. The van der Waals surface area contributed by atoms with Crippen LogP contribution in [-0.2, 0) is 9.59 Å². The van der Waals surface area contributed by atoms with Gasteiger partial charge < -0.3 is 9.84 Å². The topological polar surface area (TPSA) is 79.7 Å². The number of fused-ring (bicyclic) bond motifs is 1. The number of rotatable bonds is 6. The van der Waals surface area contributed by atoms with Crippen molar-refractivity contribution in [3.8, 4) is 5.75 Å². The van der Waals surface area contributed by atoms with Crippen molar-refractivity contribution in [3.63, 3.8) is 0 Å². The van der Waals surface area contributed by atoms with Crippen molar-refractivity contribution in [2.24, 2.45) is 0 Å². The second-order valence-electron chi connectivity index (χ2n) is 8.21. The molecule has 182 valence electrons. The molecule has 0 bridgehead atoms. The molecule has 1 atom stereocenters. The molecule has 1 amide bonds. The van der Waals surface area contributed by atoms with E-state index in [2.05, 4.69) is 4.98 Å². The zero-order chi connectivity index (χ0) is 25.4. The molecule has 1 saturated heterocycles. The SMILES string of the molecule is CCCOc1cccc(C(O)=C2C(=O)C(=O)N(c3nc4ccc(Cl)cc4s3)C2c2ccc(Cl)cc2)c1. The third-order valence-electron chi connectivity index (χ3n) is 5.76. The van der Waals surface area contributed by atoms with Gasteiger partial charge in [0.25, 0.3) is 5.78 Å². The van der Waals surface area contributed by atoms with Gasteiger partial charge in [0.2, 0.25) is 0 Å². The number of benzene rings is 3. The first kappa shape index (κ1) is 24.3. The van der Waals surface area contributed by atoms with Gasteiger partial charge in [-0.15, -0.1) is 0 Å². The normalized spacial score (nSPS) is 17.2. The van der Waals surface area contributed by atoms with E-state index < -0.39 is 17.7 Å². The first-order chi connectivity index (χ1) is 17.4. The highest BCUT2D eigenvalue weighted by molar-refractivity contribution is 7.22. The van der Waals surface area contributed by atoms with E-state index in [1.165, 1.54) is 16.2 Å². The van der Waals surface area contributed by atoms with Crippen molar-refractivity contribution in [1.82, 2.24) is 4.98 Å². The first-order valence-corrected chi connectivity index (χ1v) is 12.8. The number of halogens is 2. The van der Waals surface area contributed by atoms with E-state index in [4.69, 9.17) is 27.9 Å². The molecule has 1 aliphatic heterocycles. The number of Topliss-reactive ketones (excluding diaryl/α,β-unsaturated/α-hetero) is 1. The molecule has 2 heterocycles. The lowest BCUT2D eigenvalue weighted by Gasteiger charge is -2.23. The van der Waals surface area contributed by atoms with Crippen molar-refractivity contribution in [2.75, 3.05) is 11.5 Å². The van der Waals surface area contributed by atoms with Crippen molar-refractivity contribution < 1.29 is 19.4 Å². The van der Waals surface area contributed by atoms with Crippen LogP contribution < -0.4 is 9.64 Å². The Morgan fingerprint density at radius 3 is 2.56 bits per heavy atom. The number of carbonyl (C=O) groups is 2. The van der Waals surface area contributed by atoms with E-state index in [0.717, 1.165) is 11.1 Å². The lowest BCUT2D eigenvalue weighted by atomic mass is 9.95.